The van der Waals surface area contributed by atoms with Gasteiger partial charge in [-0.05, 0) is 37.1 Å². The summed E-state index contributed by atoms with van der Waals surface area (Å²) in [6, 6.07) is 6.17. The van der Waals surface area contributed by atoms with Crippen molar-refractivity contribution in [3.63, 3.8) is 0 Å². The van der Waals surface area contributed by atoms with Crippen molar-refractivity contribution >= 4 is 10.0 Å². The largest absolute Gasteiger partial charge is 0.489 e. The summed E-state index contributed by atoms with van der Waals surface area (Å²) in [7, 11) is -3.25. The third-order valence-electron chi connectivity index (χ3n) is 4.05. The minimum atomic E-state index is -4.69. The molecule has 0 bridgehead atoms. The van der Waals surface area contributed by atoms with E-state index in [1.165, 1.54) is 16.4 Å². The minimum absolute atomic E-state index is 0.110. The minimum Gasteiger partial charge on any atom is -0.489 e. The van der Waals surface area contributed by atoms with Crippen LogP contribution in [0.15, 0.2) is 28.8 Å². The third-order valence-corrected chi connectivity index (χ3v) is 6.09. The van der Waals surface area contributed by atoms with Crippen LogP contribution in [0.3, 0.4) is 0 Å². The van der Waals surface area contributed by atoms with Crippen molar-refractivity contribution in [1.82, 2.24) is 14.4 Å². The van der Waals surface area contributed by atoms with Gasteiger partial charge in [0.25, 0.3) is 0 Å². The summed E-state index contributed by atoms with van der Waals surface area (Å²) in [5.74, 6) is -0.985. The molecule has 0 aliphatic carbocycles. The predicted octanol–water partition coefficient (Wildman–Crippen LogP) is 2.95. The topological polar surface area (TPSA) is 85.5 Å². The lowest BCUT2D eigenvalue weighted by Crippen LogP contribution is -2.32. The molecule has 1 aromatic carbocycles. The molecular weight excluding hydrogens is 387 g/mol. The van der Waals surface area contributed by atoms with E-state index in [0.717, 1.165) is 0 Å². The van der Waals surface area contributed by atoms with Crippen LogP contribution in [0.2, 0.25) is 0 Å². The summed E-state index contributed by atoms with van der Waals surface area (Å²) in [5.41, 5.74) is 0.347. The van der Waals surface area contributed by atoms with Crippen LogP contribution in [0.4, 0.5) is 13.2 Å². The maximum Gasteiger partial charge on any atom is 0.471 e. The molecular formula is C16H18F3N3O4S. The number of alkyl halides is 3. The molecule has 1 saturated heterocycles. The molecule has 1 aliphatic heterocycles. The molecule has 2 heterocycles. The van der Waals surface area contributed by atoms with E-state index in [-0.39, 0.29) is 24.2 Å². The van der Waals surface area contributed by atoms with Crippen LogP contribution < -0.4 is 4.74 Å². The van der Waals surface area contributed by atoms with Crippen molar-refractivity contribution in [3.8, 4) is 17.1 Å². The summed E-state index contributed by atoms with van der Waals surface area (Å²) < 4.78 is 73.1. The second kappa shape index (κ2) is 7.47. The highest BCUT2D eigenvalue weighted by molar-refractivity contribution is 7.89. The summed E-state index contributed by atoms with van der Waals surface area (Å²) in [4.78, 5) is 3.32. The Hall–Kier alpha value is -2.14. The van der Waals surface area contributed by atoms with Crippen LogP contribution in [0.1, 0.15) is 25.7 Å². The fourth-order valence-corrected chi connectivity index (χ4v) is 4.32. The highest BCUT2D eigenvalue weighted by Crippen LogP contribution is 2.30. The molecule has 3 rings (SSSR count). The van der Waals surface area contributed by atoms with Crippen molar-refractivity contribution in [2.24, 2.45) is 0 Å². The van der Waals surface area contributed by atoms with E-state index in [4.69, 9.17) is 4.74 Å². The lowest BCUT2D eigenvalue weighted by molar-refractivity contribution is -0.159. The molecule has 1 unspecified atom stereocenters. The zero-order chi connectivity index (χ0) is 19.7. The Bertz CT molecular complexity index is 881. The molecule has 0 radical (unpaired) electrons. The first-order valence-corrected chi connectivity index (χ1v) is 9.96. The molecule has 148 valence electrons. The van der Waals surface area contributed by atoms with Gasteiger partial charge in [0.2, 0.25) is 15.8 Å². The van der Waals surface area contributed by atoms with Gasteiger partial charge in [-0.25, -0.2) is 8.42 Å². The van der Waals surface area contributed by atoms with Gasteiger partial charge >= 0.3 is 12.1 Å². The Morgan fingerprint density at radius 1 is 1.30 bits per heavy atom. The van der Waals surface area contributed by atoms with Crippen molar-refractivity contribution in [1.29, 1.82) is 0 Å². The van der Waals surface area contributed by atoms with Crippen molar-refractivity contribution in [3.05, 3.63) is 30.2 Å². The SMILES string of the molecule is CCCS(=O)(=O)N1CCC(Oc2ccc(-c3noc(C(F)(F)F)n3)cc2)C1. The smallest absolute Gasteiger partial charge is 0.471 e. The molecule has 0 N–H and O–H groups in total. The van der Waals surface area contributed by atoms with Gasteiger partial charge in [0.05, 0.1) is 12.3 Å². The van der Waals surface area contributed by atoms with E-state index in [0.29, 0.717) is 30.7 Å². The molecule has 0 spiro atoms. The fraction of sp³-hybridized carbons (Fsp3) is 0.500. The quantitative estimate of drug-likeness (QED) is 0.735. The van der Waals surface area contributed by atoms with Gasteiger partial charge in [0.15, 0.2) is 0 Å². The van der Waals surface area contributed by atoms with Crippen LogP contribution in [-0.4, -0.2) is 47.8 Å². The Morgan fingerprint density at radius 3 is 2.59 bits per heavy atom. The Labute approximate surface area is 154 Å². The number of rotatable bonds is 6. The highest BCUT2D eigenvalue weighted by atomic mass is 32.2. The maximum absolute atomic E-state index is 12.5. The van der Waals surface area contributed by atoms with Gasteiger partial charge in [0, 0.05) is 12.1 Å². The molecule has 0 amide bonds. The average molecular weight is 405 g/mol. The second-order valence-electron chi connectivity index (χ2n) is 6.15. The van der Waals surface area contributed by atoms with E-state index < -0.39 is 22.1 Å². The molecule has 11 heteroatoms. The number of hydrogen-bond donors (Lipinski definition) is 0. The van der Waals surface area contributed by atoms with Crippen molar-refractivity contribution in [2.45, 2.75) is 32.0 Å². The standard InChI is InChI=1S/C16H18F3N3O4S/c1-2-9-27(23,24)22-8-7-13(10-22)25-12-5-3-11(4-6-12)14-20-15(26-21-14)16(17,18)19/h3-6,13H,2,7-10H2,1H3. The van der Waals surface area contributed by atoms with Gasteiger partial charge in [-0.3, -0.25) is 0 Å². The first-order chi connectivity index (χ1) is 12.7. The fourth-order valence-electron chi connectivity index (χ4n) is 2.76. The van der Waals surface area contributed by atoms with Gasteiger partial charge in [-0.2, -0.15) is 22.5 Å². The monoisotopic (exact) mass is 405 g/mol. The first-order valence-electron chi connectivity index (χ1n) is 8.35. The zero-order valence-electron chi connectivity index (χ0n) is 14.4. The molecule has 1 aromatic heterocycles. The van der Waals surface area contributed by atoms with Crippen LogP contribution in [0.25, 0.3) is 11.4 Å². The summed E-state index contributed by atoms with van der Waals surface area (Å²) in [6.45, 7) is 2.50. The third kappa shape index (κ3) is 4.59. The maximum atomic E-state index is 12.5. The molecule has 0 saturated carbocycles. The average Bonchev–Trinajstić information content (AvgIpc) is 3.25. The van der Waals surface area contributed by atoms with E-state index in [1.54, 1.807) is 12.1 Å². The van der Waals surface area contributed by atoms with Gasteiger partial charge in [0.1, 0.15) is 11.9 Å². The number of nitrogens with zero attached hydrogens (tertiary/aromatic N) is 3. The molecule has 27 heavy (non-hydrogen) atoms. The summed E-state index contributed by atoms with van der Waals surface area (Å²) in [6.07, 6.45) is -3.84. The zero-order valence-corrected chi connectivity index (χ0v) is 15.3. The lowest BCUT2D eigenvalue weighted by Gasteiger charge is -2.17. The highest BCUT2D eigenvalue weighted by Gasteiger charge is 2.38. The van der Waals surface area contributed by atoms with Gasteiger partial charge in [-0.1, -0.05) is 12.1 Å². The first kappa shape index (κ1) is 19.6. The Kier molecular flexibility index (Phi) is 5.43. The number of halogens is 3. The van der Waals surface area contributed by atoms with Gasteiger partial charge < -0.3 is 9.26 Å². The van der Waals surface area contributed by atoms with E-state index in [2.05, 4.69) is 14.7 Å². The number of hydrogen-bond acceptors (Lipinski definition) is 6. The normalized spacial score (nSPS) is 18.7. The molecule has 7 nitrogen and oxygen atoms in total. The predicted molar refractivity (Wildman–Crippen MR) is 89.4 cm³/mol. The van der Waals surface area contributed by atoms with E-state index >= 15 is 0 Å². The van der Waals surface area contributed by atoms with Crippen LogP contribution >= 0.6 is 0 Å². The van der Waals surface area contributed by atoms with Crippen molar-refractivity contribution in [2.75, 3.05) is 18.8 Å². The Balaban J connectivity index is 1.63. The van der Waals surface area contributed by atoms with E-state index in [9.17, 15) is 21.6 Å². The van der Waals surface area contributed by atoms with Crippen molar-refractivity contribution < 1.29 is 30.8 Å². The number of ether oxygens (including phenoxy) is 1. The molecule has 1 atom stereocenters. The van der Waals surface area contributed by atoms with Crippen LogP contribution in [0.5, 0.6) is 5.75 Å². The lowest BCUT2D eigenvalue weighted by atomic mass is 10.2. The number of aromatic nitrogens is 2. The Morgan fingerprint density at radius 2 is 2.00 bits per heavy atom. The van der Waals surface area contributed by atoms with Gasteiger partial charge in [-0.15, -0.1) is 0 Å². The number of benzene rings is 1. The molecule has 1 aliphatic rings. The van der Waals surface area contributed by atoms with Crippen LogP contribution in [-0.2, 0) is 16.2 Å². The summed E-state index contributed by atoms with van der Waals surface area (Å²) in [5, 5.41) is 3.32. The second-order valence-corrected chi connectivity index (χ2v) is 8.24. The molecule has 1 fully saturated rings. The summed E-state index contributed by atoms with van der Waals surface area (Å²) >= 11 is 0. The van der Waals surface area contributed by atoms with Crippen LogP contribution in [0, 0.1) is 0 Å². The molecule has 2 aromatic rings. The number of sulfonamides is 1. The van der Waals surface area contributed by atoms with E-state index in [1.807, 2.05) is 6.92 Å².